The molecular weight excluding hydrogens is 799 g/mol. The molecule has 13 atom stereocenters. The van der Waals surface area contributed by atoms with Crippen molar-refractivity contribution in [3.8, 4) is 0 Å². The summed E-state index contributed by atoms with van der Waals surface area (Å²) in [4.78, 5) is 51.1. The van der Waals surface area contributed by atoms with E-state index >= 15 is 0 Å². The van der Waals surface area contributed by atoms with Crippen LogP contribution in [-0.4, -0.2) is 101 Å². The Hall–Kier alpha value is -2.12. The Morgan fingerprint density at radius 1 is 0.982 bits per heavy atom. The number of aliphatic hydroxyl groups is 1. The van der Waals surface area contributed by atoms with E-state index in [9.17, 15) is 29.4 Å². The molecule has 0 aromatic carbocycles. The average Bonchev–Trinajstić information content (AvgIpc) is 3.33. The van der Waals surface area contributed by atoms with Gasteiger partial charge in [0.2, 0.25) is 5.91 Å². The fourth-order valence-electron chi connectivity index (χ4n) is 10.4. The van der Waals surface area contributed by atoms with E-state index in [0.29, 0.717) is 25.8 Å². The maximum Gasteiger partial charge on any atom is 0.306 e. The highest BCUT2D eigenvalue weighted by molar-refractivity contribution is 7.90. The van der Waals surface area contributed by atoms with E-state index in [0.717, 1.165) is 24.8 Å². The van der Waals surface area contributed by atoms with Crippen molar-refractivity contribution in [2.24, 2.45) is 40.4 Å². The third kappa shape index (κ3) is 10.4. The monoisotopic (exact) mass is 853 g/mol. The van der Waals surface area contributed by atoms with Crippen molar-refractivity contribution < 1.29 is 86.0 Å². The minimum absolute atomic E-state index is 0.0207. The molecule has 4 saturated carbocycles. The van der Waals surface area contributed by atoms with Gasteiger partial charge >= 0.3 is 17.9 Å². The van der Waals surface area contributed by atoms with E-state index in [1.807, 2.05) is 0 Å². The van der Waals surface area contributed by atoms with Crippen LogP contribution >= 0.6 is 24.6 Å². The van der Waals surface area contributed by atoms with E-state index < -0.39 is 84.2 Å². The summed E-state index contributed by atoms with van der Waals surface area (Å²) in [7, 11) is 0. The summed E-state index contributed by atoms with van der Waals surface area (Å²) in [5.41, 5.74) is -0.159. The van der Waals surface area contributed by atoms with Crippen molar-refractivity contribution in [3.63, 3.8) is 0 Å². The molecule has 1 saturated heterocycles. The van der Waals surface area contributed by atoms with Crippen LogP contribution in [0.25, 0.3) is 0 Å². The summed E-state index contributed by atoms with van der Waals surface area (Å²) < 4.78 is 44.9. The summed E-state index contributed by atoms with van der Waals surface area (Å²) >= 11 is 0.260. The fourth-order valence-corrected chi connectivity index (χ4v) is 11.2. The van der Waals surface area contributed by atoms with Crippen LogP contribution in [-0.2, 0) is 65.2 Å². The molecule has 5 fully saturated rings. The molecule has 1 heterocycles. The van der Waals surface area contributed by atoms with Gasteiger partial charge in [-0.2, -0.15) is 0 Å². The number of aliphatic hydroxyl groups excluding tert-OH is 1. The predicted molar refractivity (Wildman–Crippen MR) is 196 cm³/mol. The van der Waals surface area contributed by atoms with Gasteiger partial charge in [0.1, 0.15) is 24.9 Å². The number of carbonyl (C=O) groups excluding carboxylic acids is 3. The summed E-state index contributed by atoms with van der Waals surface area (Å²) in [6, 6.07) is 0. The van der Waals surface area contributed by atoms with E-state index in [1.54, 1.807) is 20.8 Å². The first-order valence-corrected chi connectivity index (χ1v) is 20.6. The Balaban J connectivity index is 1.47. The third-order valence-electron chi connectivity index (χ3n) is 12.6. The quantitative estimate of drug-likeness (QED) is 0.0215. The molecule has 5 rings (SSSR count). The molecule has 4 aliphatic carbocycles. The van der Waals surface area contributed by atoms with Gasteiger partial charge in [-0.25, -0.2) is 10.5 Å². The van der Waals surface area contributed by atoms with Crippen molar-refractivity contribution in [2.45, 2.75) is 135 Å². The SMILES string of the molecule is C=C1C2CCC3C4(C)CC(O[C@@H]5O[C@@H](COC(=O)CCC(=O)NCC)[C@H](OSOOO)[C@@H](OSOOO)C5OC(=O)CC(C)C)CC(C(=O)O)C4CCC3(C2)[C@H]1O. The summed E-state index contributed by atoms with van der Waals surface area (Å²) in [6.07, 6.45) is -4.76. The molecule has 8 unspecified atom stereocenters. The lowest BCUT2D eigenvalue weighted by Crippen LogP contribution is -2.63. The van der Waals surface area contributed by atoms with Crippen LogP contribution in [0.3, 0.4) is 0 Å². The second-order valence-electron chi connectivity index (χ2n) is 16.3. The molecule has 0 radical (unpaired) electrons. The fraction of sp³-hybridized carbons (Fsp3) is 0.833. The van der Waals surface area contributed by atoms with Crippen LogP contribution in [0.4, 0.5) is 0 Å². The Morgan fingerprint density at radius 3 is 2.33 bits per heavy atom. The van der Waals surface area contributed by atoms with Gasteiger partial charge in [0, 0.05) is 24.8 Å². The zero-order valence-corrected chi connectivity index (χ0v) is 34.1. The highest BCUT2D eigenvalue weighted by Crippen LogP contribution is 2.70. The third-order valence-corrected chi connectivity index (χ3v) is 13.4. The Kier molecular flexibility index (Phi) is 16.5. The summed E-state index contributed by atoms with van der Waals surface area (Å²) in [6.45, 7) is 11.5. The molecule has 0 aromatic heterocycles. The molecule has 1 amide bonds. The van der Waals surface area contributed by atoms with Crippen LogP contribution in [0, 0.1) is 40.4 Å². The lowest BCUT2D eigenvalue weighted by atomic mass is 9.43. The van der Waals surface area contributed by atoms with Gasteiger partial charge in [-0.3, -0.25) is 27.5 Å². The molecule has 0 aromatic rings. The van der Waals surface area contributed by atoms with Crippen LogP contribution in [0.2, 0.25) is 0 Å². The van der Waals surface area contributed by atoms with Gasteiger partial charge in [0.15, 0.2) is 37.0 Å². The van der Waals surface area contributed by atoms with Gasteiger partial charge in [-0.05, 0) is 86.5 Å². The van der Waals surface area contributed by atoms with Crippen molar-refractivity contribution in [1.82, 2.24) is 5.32 Å². The zero-order chi connectivity index (χ0) is 41.5. The number of hydrogen-bond donors (Lipinski definition) is 5. The Labute approximate surface area is 339 Å². The standard InChI is InChI=1S/C36H55NO18S2/c1-6-37-26(38)9-10-27(39)46-17-24-29(50-56-54-52-44)30(51-57-55-53-45)31(49-28(40)13-18(2)3)34(48-24)47-21-14-22(33(42)43)23-11-12-36-15-20(19(4)32(36)41)7-8-25(36)35(23,5)16-21/h18,20-25,29-32,34,41,44-45H,4,6-17H2,1-3,5H3,(H,37,38)(H,42,43)/t20?,21?,22?,23?,24-,25?,29-,30+,31?,32-,34+,35?,36?/m0/s1. The van der Waals surface area contributed by atoms with Gasteiger partial charge in [0.25, 0.3) is 0 Å². The van der Waals surface area contributed by atoms with Gasteiger partial charge in [-0.15, -0.1) is 8.67 Å². The first-order chi connectivity index (χ1) is 27.2. The van der Waals surface area contributed by atoms with Crippen molar-refractivity contribution >= 4 is 48.5 Å². The first-order valence-electron chi connectivity index (χ1n) is 19.3. The Morgan fingerprint density at radius 2 is 1.68 bits per heavy atom. The molecule has 21 heteroatoms. The van der Waals surface area contributed by atoms with Gasteiger partial charge in [-0.1, -0.05) is 37.4 Å². The number of rotatable bonds is 20. The first kappa shape index (κ1) is 46.0. The van der Waals surface area contributed by atoms with Crippen LogP contribution in [0.5, 0.6) is 0 Å². The number of fused-ring (bicyclic) bond motifs is 3. The molecule has 57 heavy (non-hydrogen) atoms. The van der Waals surface area contributed by atoms with Crippen LogP contribution in [0.15, 0.2) is 12.2 Å². The molecule has 1 spiro atoms. The largest absolute Gasteiger partial charge is 0.481 e. The summed E-state index contributed by atoms with van der Waals surface area (Å²) in [5.74, 6) is -3.71. The van der Waals surface area contributed by atoms with Crippen molar-refractivity contribution in [1.29, 1.82) is 0 Å². The minimum atomic E-state index is -1.50. The predicted octanol–water partition coefficient (Wildman–Crippen LogP) is 4.50. The normalized spacial score (nSPS) is 37.3. The maximum absolute atomic E-state index is 13.3. The number of carboxylic acid groups (broad SMARTS) is 1. The van der Waals surface area contributed by atoms with Crippen LogP contribution in [0.1, 0.15) is 91.9 Å². The number of aliphatic carboxylic acids is 1. The number of esters is 2. The lowest BCUT2D eigenvalue weighted by molar-refractivity contribution is -0.436. The number of carboxylic acids is 1. The van der Waals surface area contributed by atoms with Crippen molar-refractivity contribution in [3.05, 3.63) is 12.2 Å². The Bertz CT molecular complexity index is 1420. The number of amides is 1. The molecule has 5 aliphatic rings. The highest BCUT2D eigenvalue weighted by atomic mass is 32.2. The lowest BCUT2D eigenvalue weighted by Gasteiger charge is -2.62. The second kappa shape index (κ2) is 20.4. The zero-order valence-electron chi connectivity index (χ0n) is 32.4. The average molecular weight is 854 g/mol. The van der Waals surface area contributed by atoms with E-state index in [4.69, 9.17) is 37.8 Å². The van der Waals surface area contributed by atoms with Crippen molar-refractivity contribution in [2.75, 3.05) is 13.2 Å². The topological polar surface area (TPSA) is 254 Å². The van der Waals surface area contributed by atoms with Gasteiger partial charge in [0.05, 0.1) is 24.5 Å². The molecule has 19 nitrogen and oxygen atoms in total. The highest BCUT2D eigenvalue weighted by Gasteiger charge is 2.67. The van der Waals surface area contributed by atoms with Gasteiger partial charge < -0.3 is 34.5 Å². The second-order valence-corrected chi connectivity index (χ2v) is 17.2. The van der Waals surface area contributed by atoms with Crippen LogP contribution < -0.4 is 5.32 Å². The molecule has 324 valence electrons. The smallest absolute Gasteiger partial charge is 0.306 e. The molecule has 2 bridgehead atoms. The van der Waals surface area contributed by atoms with E-state index in [1.165, 1.54) is 0 Å². The maximum atomic E-state index is 13.3. The number of ether oxygens (including phenoxy) is 4. The summed E-state index contributed by atoms with van der Waals surface area (Å²) in [5, 5.41) is 49.8. The molecule has 5 N–H and O–H groups in total. The van der Waals surface area contributed by atoms with E-state index in [2.05, 4.69) is 37.6 Å². The molecular formula is C36H55NO18S2. The van der Waals surface area contributed by atoms with E-state index in [-0.39, 0.29) is 79.9 Å². The minimum Gasteiger partial charge on any atom is -0.481 e. The number of carbonyl (C=O) groups is 4. The number of hydrogen-bond acceptors (Lipinski definition) is 19. The molecule has 1 aliphatic heterocycles. The number of nitrogens with one attached hydrogen (secondary N) is 1.